The van der Waals surface area contributed by atoms with Gasteiger partial charge < -0.3 is 5.32 Å². The van der Waals surface area contributed by atoms with Crippen molar-refractivity contribution in [1.29, 1.82) is 0 Å². The van der Waals surface area contributed by atoms with E-state index in [0.717, 1.165) is 19.4 Å². The third kappa shape index (κ3) is 2.61. The van der Waals surface area contributed by atoms with Gasteiger partial charge in [-0.25, -0.2) is 8.42 Å². The lowest BCUT2D eigenvalue weighted by molar-refractivity contribution is 0.339. The molecule has 3 rings (SSSR count). The molecule has 0 aromatic carbocycles. The third-order valence-corrected chi connectivity index (χ3v) is 8.54. The molecule has 2 saturated heterocycles. The maximum absolute atomic E-state index is 12.6. The number of halogens is 2. The summed E-state index contributed by atoms with van der Waals surface area (Å²) in [5.74, 6) is 0.447. The molecule has 0 radical (unpaired) electrons. The number of nitrogens with zero attached hydrogens (tertiary/aromatic N) is 1. The predicted molar refractivity (Wildman–Crippen MR) is 80.3 cm³/mol. The number of rotatable bonds is 2. The molecule has 2 aliphatic heterocycles. The first-order chi connectivity index (χ1) is 8.98. The summed E-state index contributed by atoms with van der Waals surface area (Å²) in [6, 6.07) is 1.84. The number of hydrogen-bond acceptors (Lipinski definition) is 4. The molecule has 106 valence electrons. The fourth-order valence-electron chi connectivity index (χ4n) is 2.78. The van der Waals surface area contributed by atoms with Gasteiger partial charge >= 0.3 is 0 Å². The first-order valence-electron chi connectivity index (χ1n) is 6.17. The minimum absolute atomic E-state index is 0.308. The highest BCUT2D eigenvalue weighted by Gasteiger charge is 2.40. The molecule has 3 heterocycles. The predicted octanol–water partition coefficient (Wildman–Crippen LogP) is 2.54. The molecule has 0 aliphatic carbocycles. The van der Waals surface area contributed by atoms with Gasteiger partial charge in [-0.1, -0.05) is 11.6 Å². The van der Waals surface area contributed by atoms with Crippen molar-refractivity contribution in [3.05, 3.63) is 14.9 Å². The van der Waals surface area contributed by atoms with E-state index in [1.54, 1.807) is 4.31 Å². The topological polar surface area (TPSA) is 49.4 Å². The molecule has 0 spiro atoms. The van der Waals surface area contributed by atoms with E-state index < -0.39 is 10.0 Å². The van der Waals surface area contributed by atoms with E-state index in [1.165, 1.54) is 17.4 Å². The van der Waals surface area contributed by atoms with Crippen molar-refractivity contribution in [1.82, 2.24) is 9.62 Å². The molecule has 19 heavy (non-hydrogen) atoms. The SMILES string of the molecule is O=S(=O)(c1cc(Cl)c(Br)s1)N1C[C@@H]2CCCN[C@@H]2C1. The standard InChI is InChI=1S/C11H14BrClN2O2S2/c12-11-8(13)4-10(18-11)19(16,17)15-5-7-2-1-3-14-9(7)6-15/h4,7,9,14H,1-3,5-6H2/t7-,9+/m0/s1. The van der Waals surface area contributed by atoms with Gasteiger partial charge in [0, 0.05) is 19.1 Å². The number of hydrogen-bond donors (Lipinski definition) is 1. The van der Waals surface area contributed by atoms with Gasteiger partial charge in [-0.2, -0.15) is 4.31 Å². The molecule has 0 unspecified atom stereocenters. The maximum atomic E-state index is 12.6. The molecular weight excluding hydrogens is 372 g/mol. The highest BCUT2D eigenvalue weighted by molar-refractivity contribution is 9.11. The normalized spacial score (nSPS) is 28.5. The molecule has 2 atom stereocenters. The number of thiophene rings is 1. The van der Waals surface area contributed by atoms with Gasteiger partial charge in [0.1, 0.15) is 4.21 Å². The summed E-state index contributed by atoms with van der Waals surface area (Å²) in [6.45, 7) is 2.18. The van der Waals surface area contributed by atoms with Crippen molar-refractivity contribution in [3.63, 3.8) is 0 Å². The Bertz CT molecular complexity index is 556. The fourth-order valence-corrected chi connectivity index (χ4v) is 6.86. The highest BCUT2D eigenvalue weighted by atomic mass is 79.9. The summed E-state index contributed by atoms with van der Waals surface area (Å²) in [7, 11) is -3.40. The molecule has 0 saturated carbocycles. The van der Waals surface area contributed by atoms with Gasteiger partial charge in [0.15, 0.2) is 0 Å². The second kappa shape index (κ2) is 5.27. The van der Waals surface area contributed by atoms with Crippen LogP contribution in [0, 0.1) is 5.92 Å². The molecule has 0 amide bonds. The molecule has 8 heteroatoms. The molecule has 0 bridgehead atoms. The molecule has 1 N–H and O–H groups in total. The first kappa shape index (κ1) is 14.3. The van der Waals surface area contributed by atoms with Crippen molar-refractivity contribution in [3.8, 4) is 0 Å². The van der Waals surface area contributed by atoms with E-state index in [4.69, 9.17) is 11.6 Å². The summed E-state index contributed by atoms with van der Waals surface area (Å²) in [5.41, 5.74) is 0. The van der Waals surface area contributed by atoms with Gasteiger partial charge in [-0.15, -0.1) is 11.3 Å². The van der Waals surface area contributed by atoms with Crippen molar-refractivity contribution < 1.29 is 8.42 Å². The lowest BCUT2D eigenvalue weighted by Gasteiger charge is -2.24. The molecule has 1 aromatic heterocycles. The molecule has 2 fully saturated rings. The maximum Gasteiger partial charge on any atom is 0.252 e. The number of fused-ring (bicyclic) bond motifs is 1. The van der Waals surface area contributed by atoms with Crippen LogP contribution < -0.4 is 5.32 Å². The lowest BCUT2D eigenvalue weighted by atomic mass is 9.94. The summed E-state index contributed by atoms with van der Waals surface area (Å²) in [5, 5.41) is 3.87. The molecule has 4 nitrogen and oxygen atoms in total. The summed E-state index contributed by atoms with van der Waals surface area (Å²) < 4.78 is 27.7. The zero-order chi connectivity index (χ0) is 13.6. The Balaban J connectivity index is 1.85. The Labute approximate surface area is 130 Å². The van der Waals surface area contributed by atoms with Crippen LogP contribution >= 0.6 is 38.9 Å². The average Bonchev–Trinajstić information content (AvgIpc) is 2.94. The minimum atomic E-state index is -3.40. The monoisotopic (exact) mass is 384 g/mol. The summed E-state index contributed by atoms with van der Waals surface area (Å²) in [6.07, 6.45) is 2.24. The van der Waals surface area contributed by atoms with Crippen LogP contribution in [0.25, 0.3) is 0 Å². The fraction of sp³-hybridized carbons (Fsp3) is 0.636. The quantitative estimate of drug-likeness (QED) is 0.851. The highest BCUT2D eigenvalue weighted by Crippen LogP contribution is 2.37. The average molecular weight is 386 g/mol. The lowest BCUT2D eigenvalue weighted by Crippen LogP contribution is -2.41. The van der Waals surface area contributed by atoms with E-state index in [0.29, 0.717) is 38.1 Å². The van der Waals surface area contributed by atoms with Crippen molar-refractivity contribution >= 4 is 48.9 Å². The van der Waals surface area contributed by atoms with Crippen LogP contribution in [-0.4, -0.2) is 38.4 Å². The Hall–Kier alpha value is 0.340. The van der Waals surface area contributed by atoms with Crippen molar-refractivity contribution in [2.75, 3.05) is 19.6 Å². The van der Waals surface area contributed by atoms with Crippen LogP contribution in [0.3, 0.4) is 0 Å². The van der Waals surface area contributed by atoms with Crippen LogP contribution in [0.1, 0.15) is 12.8 Å². The van der Waals surface area contributed by atoms with E-state index in [1.807, 2.05) is 0 Å². The summed E-state index contributed by atoms with van der Waals surface area (Å²) in [4.78, 5) is 0. The van der Waals surface area contributed by atoms with Crippen LogP contribution in [0.2, 0.25) is 5.02 Å². The Morgan fingerprint density at radius 2 is 2.26 bits per heavy atom. The first-order valence-corrected chi connectivity index (χ1v) is 9.59. The van der Waals surface area contributed by atoms with Crippen LogP contribution in [0.15, 0.2) is 14.1 Å². The molecule has 2 aliphatic rings. The van der Waals surface area contributed by atoms with Crippen LogP contribution in [-0.2, 0) is 10.0 Å². The number of piperidine rings is 1. The Morgan fingerprint density at radius 1 is 1.47 bits per heavy atom. The van der Waals surface area contributed by atoms with Gasteiger partial charge in [0.25, 0.3) is 10.0 Å². The Morgan fingerprint density at radius 3 is 2.89 bits per heavy atom. The number of nitrogens with one attached hydrogen (secondary N) is 1. The van der Waals surface area contributed by atoms with Crippen molar-refractivity contribution in [2.45, 2.75) is 23.1 Å². The van der Waals surface area contributed by atoms with Crippen LogP contribution in [0.4, 0.5) is 0 Å². The van der Waals surface area contributed by atoms with Gasteiger partial charge in [0.2, 0.25) is 0 Å². The van der Waals surface area contributed by atoms with E-state index in [-0.39, 0.29) is 0 Å². The van der Waals surface area contributed by atoms with Gasteiger partial charge in [-0.05, 0) is 47.3 Å². The second-order valence-electron chi connectivity index (χ2n) is 4.97. The third-order valence-electron chi connectivity index (χ3n) is 3.78. The minimum Gasteiger partial charge on any atom is -0.312 e. The smallest absolute Gasteiger partial charge is 0.252 e. The largest absolute Gasteiger partial charge is 0.312 e. The van der Waals surface area contributed by atoms with E-state index >= 15 is 0 Å². The Kier molecular flexibility index (Phi) is 3.96. The zero-order valence-corrected chi connectivity index (χ0v) is 14.1. The number of sulfonamides is 1. The van der Waals surface area contributed by atoms with Gasteiger partial charge in [0.05, 0.1) is 8.81 Å². The van der Waals surface area contributed by atoms with Crippen molar-refractivity contribution in [2.24, 2.45) is 5.92 Å². The molecule has 1 aromatic rings. The second-order valence-corrected chi connectivity index (χ2v) is 9.91. The van der Waals surface area contributed by atoms with Gasteiger partial charge in [-0.3, -0.25) is 0 Å². The summed E-state index contributed by atoms with van der Waals surface area (Å²) >= 11 is 10.4. The molecular formula is C11H14BrClN2O2S2. The zero-order valence-electron chi connectivity index (χ0n) is 10.1. The van der Waals surface area contributed by atoms with E-state index in [9.17, 15) is 8.42 Å². The van der Waals surface area contributed by atoms with E-state index in [2.05, 4.69) is 21.2 Å². The van der Waals surface area contributed by atoms with Crippen LogP contribution in [0.5, 0.6) is 0 Å².